The second-order valence-corrected chi connectivity index (χ2v) is 6.00. The standard InChI is InChI=1S/C16H23F2NO/c1-11(2)15-4-3-6-19(15)7-5-16(20)12-8-13(17)10-14(18)9-12/h8-11,15-16,20H,3-7H2,1-2H3. The lowest BCUT2D eigenvalue weighted by atomic mass is 10.0. The van der Waals surface area contributed by atoms with E-state index >= 15 is 0 Å². The maximum Gasteiger partial charge on any atom is 0.126 e. The van der Waals surface area contributed by atoms with Crippen LogP contribution in [0.15, 0.2) is 18.2 Å². The average Bonchev–Trinajstić information content (AvgIpc) is 2.83. The third kappa shape index (κ3) is 3.76. The van der Waals surface area contributed by atoms with Crippen molar-refractivity contribution in [1.82, 2.24) is 4.90 Å². The van der Waals surface area contributed by atoms with E-state index in [1.807, 2.05) is 0 Å². The van der Waals surface area contributed by atoms with Crippen LogP contribution in [0.4, 0.5) is 8.78 Å². The Morgan fingerprint density at radius 2 is 1.90 bits per heavy atom. The number of benzene rings is 1. The Bertz CT molecular complexity index is 430. The minimum atomic E-state index is -0.811. The summed E-state index contributed by atoms with van der Waals surface area (Å²) < 4.78 is 26.3. The van der Waals surface area contributed by atoms with Crippen molar-refractivity contribution in [2.75, 3.05) is 13.1 Å². The number of likely N-dealkylation sites (tertiary alicyclic amines) is 1. The molecule has 4 heteroatoms. The highest BCUT2D eigenvalue weighted by Crippen LogP contribution is 2.26. The monoisotopic (exact) mass is 283 g/mol. The molecule has 0 amide bonds. The molecule has 2 rings (SSSR count). The van der Waals surface area contributed by atoms with E-state index in [0.717, 1.165) is 19.2 Å². The van der Waals surface area contributed by atoms with Gasteiger partial charge in [0.2, 0.25) is 0 Å². The molecule has 1 saturated heterocycles. The normalized spacial score (nSPS) is 21.6. The van der Waals surface area contributed by atoms with E-state index in [0.29, 0.717) is 23.9 Å². The second kappa shape index (κ2) is 6.64. The Hall–Kier alpha value is -1.00. The molecule has 1 aliphatic rings. The summed E-state index contributed by atoms with van der Waals surface area (Å²) in [6, 6.07) is 3.80. The molecule has 0 aliphatic carbocycles. The topological polar surface area (TPSA) is 23.5 Å². The van der Waals surface area contributed by atoms with Crippen molar-refractivity contribution < 1.29 is 13.9 Å². The van der Waals surface area contributed by atoms with Gasteiger partial charge in [0.1, 0.15) is 11.6 Å². The van der Waals surface area contributed by atoms with Crippen molar-refractivity contribution >= 4 is 0 Å². The minimum absolute atomic E-state index is 0.322. The van der Waals surface area contributed by atoms with Gasteiger partial charge in [0, 0.05) is 18.7 Å². The molecular formula is C16H23F2NO. The summed E-state index contributed by atoms with van der Waals surface area (Å²) in [6.07, 6.45) is 2.08. The molecule has 0 aromatic heterocycles. The smallest absolute Gasteiger partial charge is 0.126 e. The summed E-state index contributed by atoms with van der Waals surface area (Å²) in [5.74, 6) is -0.679. The van der Waals surface area contributed by atoms with Gasteiger partial charge in [0.25, 0.3) is 0 Å². The van der Waals surface area contributed by atoms with Gasteiger partial charge in [-0.15, -0.1) is 0 Å². The van der Waals surface area contributed by atoms with Crippen LogP contribution < -0.4 is 0 Å². The van der Waals surface area contributed by atoms with E-state index in [1.54, 1.807) is 0 Å². The van der Waals surface area contributed by atoms with Crippen LogP contribution in [0.5, 0.6) is 0 Å². The number of aliphatic hydroxyl groups is 1. The molecule has 0 spiro atoms. The number of aliphatic hydroxyl groups excluding tert-OH is 1. The fourth-order valence-corrected chi connectivity index (χ4v) is 3.11. The Labute approximate surface area is 119 Å². The summed E-state index contributed by atoms with van der Waals surface area (Å²) in [4.78, 5) is 2.38. The van der Waals surface area contributed by atoms with Gasteiger partial charge in [0.05, 0.1) is 6.10 Å². The number of hydrogen-bond donors (Lipinski definition) is 1. The Balaban J connectivity index is 1.93. The number of nitrogens with zero attached hydrogens (tertiary/aromatic N) is 1. The van der Waals surface area contributed by atoms with Crippen LogP contribution in [-0.2, 0) is 0 Å². The first-order valence-electron chi connectivity index (χ1n) is 7.35. The first-order valence-corrected chi connectivity index (χ1v) is 7.35. The lowest BCUT2D eigenvalue weighted by Crippen LogP contribution is -2.34. The number of hydrogen-bond acceptors (Lipinski definition) is 2. The molecule has 1 aromatic rings. The van der Waals surface area contributed by atoms with Crippen LogP contribution >= 0.6 is 0 Å². The Morgan fingerprint density at radius 1 is 1.25 bits per heavy atom. The molecule has 0 saturated carbocycles. The zero-order valence-electron chi connectivity index (χ0n) is 12.1. The molecule has 112 valence electrons. The lowest BCUT2D eigenvalue weighted by molar-refractivity contribution is 0.127. The van der Waals surface area contributed by atoms with Crippen molar-refractivity contribution in [3.8, 4) is 0 Å². The van der Waals surface area contributed by atoms with Crippen molar-refractivity contribution in [2.45, 2.75) is 45.3 Å². The first kappa shape index (κ1) is 15.4. The fourth-order valence-electron chi connectivity index (χ4n) is 3.11. The molecule has 1 heterocycles. The first-order chi connectivity index (χ1) is 9.47. The predicted octanol–water partition coefficient (Wildman–Crippen LogP) is 3.51. The predicted molar refractivity (Wildman–Crippen MR) is 75.4 cm³/mol. The SMILES string of the molecule is CC(C)C1CCCN1CCC(O)c1cc(F)cc(F)c1. The van der Waals surface area contributed by atoms with Crippen LogP contribution in [0.25, 0.3) is 0 Å². The maximum atomic E-state index is 13.1. The molecule has 0 radical (unpaired) electrons. The average molecular weight is 283 g/mol. The second-order valence-electron chi connectivity index (χ2n) is 6.00. The van der Waals surface area contributed by atoms with E-state index in [4.69, 9.17) is 0 Å². The van der Waals surface area contributed by atoms with E-state index < -0.39 is 17.7 Å². The Kier molecular flexibility index (Phi) is 5.11. The third-order valence-electron chi connectivity index (χ3n) is 4.14. The summed E-state index contributed by atoms with van der Waals surface area (Å²) in [5, 5.41) is 10.1. The number of halogens is 2. The van der Waals surface area contributed by atoms with Crippen molar-refractivity contribution in [1.29, 1.82) is 0 Å². The van der Waals surface area contributed by atoms with Gasteiger partial charge in [-0.05, 0) is 49.4 Å². The lowest BCUT2D eigenvalue weighted by Gasteiger charge is -2.28. The highest BCUT2D eigenvalue weighted by Gasteiger charge is 2.27. The molecule has 20 heavy (non-hydrogen) atoms. The van der Waals surface area contributed by atoms with Gasteiger partial charge in [-0.1, -0.05) is 13.8 Å². The van der Waals surface area contributed by atoms with Crippen LogP contribution in [0.3, 0.4) is 0 Å². The summed E-state index contributed by atoms with van der Waals surface area (Å²) in [7, 11) is 0. The van der Waals surface area contributed by atoms with Gasteiger partial charge in [-0.25, -0.2) is 8.78 Å². The minimum Gasteiger partial charge on any atom is -0.388 e. The van der Waals surface area contributed by atoms with E-state index in [2.05, 4.69) is 18.7 Å². The van der Waals surface area contributed by atoms with Crippen LogP contribution in [0, 0.1) is 17.6 Å². The third-order valence-corrected chi connectivity index (χ3v) is 4.14. The molecule has 2 unspecified atom stereocenters. The molecule has 1 N–H and O–H groups in total. The highest BCUT2D eigenvalue weighted by atomic mass is 19.1. The molecule has 2 atom stereocenters. The van der Waals surface area contributed by atoms with E-state index in [9.17, 15) is 13.9 Å². The largest absolute Gasteiger partial charge is 0.388 e. The van der Waals surface area contributed by atoms with Crippen molar-refractivity contribution in [2.24, 2.45) is 5.92 Å². The van der Waals surface area contributed by atoms with E-state index in [-0.39, 0.29) is 0 Å². The summed E-state index contributed by atoms with van der Waals surface area (Å²) in [5.41, 5.74) is 0.322. The highest BCUT2D eigenvalue weighted by molar-refractivity contribution is 5.20. The van der Waals surface area contributed by atoms with Gasteiger partial charge in [-0.3, -0.25) is 0 Å². The van der Waals surface area contributed by atoms with Gasteiger partial charge in [-0.2, -0.15) is 0 Å². The zero-order valence-corrected chi connectivity index (χ0v) is 12.1. The fraction of sp³-hybridized carbons (Fsp3) is 0.625. The molecule has 1 aromatic carbocycles. The van der Waals surface area contributed by atoms with Crippen molar-refractivity contribution in [3.63, 3.8) is 0 Å². The Morgan fingerprint density at radius 3 is 2.50 bits per heavy atom. The summed E-state index contributed by atoms with van der Waals surface area (Å²) in [6.45, 7) is 6.23. The van der Waals surface area contributed by atoms with Crippen LogP contribution in [0.1, 0.15) is 44.8 Å². The van der Waals surface area contributed by atoms with Gasteiger partial charge >= 0.3 is 0 Å². The van der Waals surface area contributed by atoms with Gasteiger partial charge < -0.3 is 10.0 Å². The van der Waals surface area contributed by atoms with Crippen LogP contribution in [-0.4, -0.2) is 29.1 Å². The zero-order chi connectivity index (χ0) is 14.7. The van der Waals surface area contributed by atoms with Crippen LogP contribution in [0.2, 0.25) is 0 Å². The molecule has 2 nitrogen and oxygen atoms in total. The molecule has 0 bridgehead atoms. The van der Waals surface area contributed by atoms with Gasteiger partial charge in [0.15, 0.2) is 0 Å². The molecule has 1 fully saturated rings. The molecular weight excluding hydrogens is 260 g/mol. The summed E-state index contributed by atoms with van der Waals surface area (Å²) >= 11 is 0. The van der Waals surface area contributed by atoms with Crippen molar-refractivity contribution in [3.05, 3.63) is 35.4 Å². The quantitative estimate of drug-likeness (QED) is 0.894. The maximum absolute atomic E-state index is 13.1. The van der Waals surface area contributed by atoms with E-state index in [1.165, 1.54) is 25.0 Å². The molecule has 1 aliphatic heterocycles. The number of rotatable bonds is 5.